The van der Waals surface area contributed by atoms with Crippen LogP contribution in [0.2, 0.25) is 0 Å². The maximum Gasteiger partial charge on any atom is 0.407 e. The molecule has 1 saturated heterocycles. The number of ether oxygens (including phenoxy) is 1. The molecule has 1 amide bonds. The number of alkyl carbamates (subject to hydrolysis) is 1. The maximum atomic E-state index is 10.5. The summed E-state index contributed by atoms with van der Waals surface area (Å²) in [6, 6.07) is 0. The van der Waals surface area contributed by atoms with Crippen LogP contribution < -0.4 is 5.32 Å². The van der Waals surface area contributed by atoms with Crippen molar-refractivity contribution in [2.75, 3.05) is 6.54 Å². The third-order valence-electron chi connectivity index (χ3n) is 1.66. The predicted octanol–water partition coefficient (Wildman–Crippen LogP) is 0.917. The number of carbonyl (C=O) groups excluding carboxylic acids is 1. The number of cyclic esters (lactones) is 1. The standard InChI is InChI=1S/C7H11NO2/c1-3-5(2)6-4-8-7(9)10-6/h3,5-6H,1,4H2,2H3,(H,8,9)/t5-,6+/m0/s1. The molecule has 2 atom stereocenters. The highest BCUT2D eigenvalue weighted by atomic mass is 16.6. The molecule has 1 fully saturated rings. The van der Waals surface area contributed by atoms with Crippen LogP contribution in [0.4, 0.5) is 4.79 Å². The van der Waals surface area contributed by atoms with E-state index in [2.05, 4.69) is 11.9 Å². The van der Waals surface area contributed by atoms with Gasteiger partial charge in [0, 0.05) is 5.92 Å². The van der Waals surface area contributed by atoms with Gasteiger partial charge < -0.3 is 10.1 Å². The number of hydrogen-bond donors (Lipinski definition) is 1. The lowest BCUT2D eigenvalue weighted by Gasteiger charge is -2.11. The van der Waals surface area contributed by atoms with Gasteiger partial charge in [-0.1, -0.05) is 13.0 Å². The van der Waals surface area contributed by atoms with Gasteiger partial charge in [-0.15, -0.1) is 6.58 Å². The summed E-state index contributed by atoms with van der Waals surface area (Å²) in [4.78, 5) is 10.5. The van der Waals surface area contributed by atoms with Crippen molar-refractivity contribution in [1.82, 2.24) is 5.32 Å². The summed E-state index contributed by atoms with van der Waals surface area (Å²) in [6.07, 6.45) is 1.44. The summed E-state index contributed by atoms with van der Waals surface area (Å²) in [7, 11) is 0. The smallest absolute Gasteiger partial charge is 0.407 e. The van der Waals surface area contributed by atoms with E-state index in [4.69, 9.17) is 4.74 Å². The number of amides is 1. The molecular formula is C7H11NO2. The van der Waals surface area contributed by atoms with Gasteiger partial charge in [-0.25, -0.2) is 4.79 Å². The average molecular weight is 141 g/mol. The molecule has 1 N–H and O–H groups in total. The van der Waals surface area contributed by atoms with Gasteiger partial charge in [0.2, 0.25) is 0 Å². The number of rotatable bonds is 2. The Labute approximate surface area is 60.1 Å². The monoisotopic (exact) mass is 141 g/mol. The second-order valence-electron chi connectivity index (χ2n) is 2.42. The summed E-state index contributed by atoms with van der Waals surface area (Å²) in [5, 5.41) is 2.58. The van der Waals surface area contributed by atoms with Crippen LogP contribution in [-0.4, -0.2) is 18.7 Å². The lowest BCUT2D eigenvalue weighted by Crippen LogP contribution is -2.20. The predicted molar refractivity (Wildman–Crippen MR) is 37.6 cm³/mol. The third-order valence-corrected chi connectivity index (χ3v) is 1.66. The summed E-state index contributed by atoms with van der Waals surface area (Å²) < 4.78 is 4.89. The highest BCUT2D eigenvalue weighted by Gasteiger charge is 2.25. The van der Waals surface area contributed by atoms with Crippen molar-refractivity contribution in [1.29, 1.82) is 0 Å². The first-order valence-electron chi connectivity index (χ1n) is 3.31. The van der Waals surface area contributed by atoms with Gasteiger partial charge in [0.15, 0.2) is 0 Å². The number of hydrogen-bond acceptors (Lipinski definition) is 2. The van der Waals surface area contributed by atoms with E-state index in [0.717, 1.165) is 0 Å². The highest BCUT2D eigenvalue weighted by molar-refractivity contribution is 5.69. The van der Waals surface area contributed by atoms with E-state index in [1.165, 1.54) is 0 Å². The van der Waals surface area contributed by atoms with E-state index in [1.54, 1.807) is 6.08 Å². The van der Waals surface area contributed by atoms with Crippen LogP contribution in [0.15, 0.2) is 12.7 Å². The van der Waals surface area contributed by atoms with Crippen LogP contribution in [0.5, 0.6) is 0 Å². The Kier molecular flexibility index (Phi) is 1.94. The van der Waals surface area contributed by atoms with E-state index < -0.39 is 0 Å². The first-order chi connectivity index (χ1) is 4.74. The Morgan fingerprint density at radius 1 is 2.00 bits per heavy atom. The molecule has 1 aliphatic heterocycles. The molecule has 0 aromatic carbocycles. The van der Waals surface area contributed by atoms with E-state index >= 15 is 0 Å². The van der Waals surface area contributed by atoms with Crippen LogP contribution in [-0.2, 0) is 4.74 Å². The molecule has 3 heteroatoms. The molecule has 1 rings (SSSR count). The molecule has 0 radical (unpaired) electrons. The SMILES string of the molecule is C=C[C@H](C)[C@H]1CNC(=O)O1. The lowest BCUT2D eigenvalue weighted by atomic mass is 10.1. The molecule has 0 aromatic heterocycles. The molecule has 0 spiro atoms. The lowest BCUT2D eigenvalue weighted by molar-refractivity contribution is 0.122. The Bertz CT molecular complexity index is 156. The first-order valence-corrected chi connectivity index (χ1v) is 3.31. The van der Waals surface area contributed by atoms with Gasteiger partial charge in [-0.05, 0) is 0 Å². The zero-order chi connectivity index (χ0) is 7.56. The van der Waals surface area contributed by atoms with Crippen LogP contribution in [0.25, 0.3) is 0 Å². The minimum atomic E-state index is -0.321. The Balaban J connectivity index is 2.43. The van der Waals surface area contributed by atoms with Gasteiger partial charge in [-0.2, -0.15) is 0 Å². The molecule has 10 heavy (non-hydrogen) atoms. The molecular weight excluding hydrogens is 130 g/mol. The summed E-state index contributed by atoms with van der Waals surface area (Å²) in [6.45, 7) is 6.18. The van der Waals surface area contributed by atoms with Crippen molar-refractivity contribution in [3.8, 4) is 0 Å². The Morgan fingerprint density at radius 2 is 2.70 bits per heavy atom. The molecule has 0 unspecified atom stereocenters. The third kappa shape index (κ3) is 1.29. The fraction of sp³-hybridized carbons (Fsp3) is 0.571. The average Bonchev–Trinajstić information content (AvgIpc) is 2.34. The van der Waals surface area contributed by atoms with Gasteiger partial charge in [0.05, 0.1) is 6.54 Å². The Hall–Kier alpha value is -0.990. The molecule has 0 aliphatic carbocycles. The van der Waals surface area contributed by atoms with Crippen molar-refractivity contribution in [3.63, 3.8) is 0 Å². The van der Waals surface area contributed by atoms with Crippen LogP contribution in [0.3, 0.4) is 0 Å². The van der Waals surface area contributed by atoms with Gasteiger partial charge in [0.1, 0.15) is 6.10 Å². The fourth-order valence-electron chi connectivity index (χ4n) is 0.850. The summed E-state index contributed by atoms with van der Waals surface area (Å²) in [5.41, 5.74) is 0. The summed E-state index contributed by atoms with van der Waals surface area (Å²) in [5.74, 6) is 0.235. The largest absolute Gasteiger partial charge is 0.444 e. The van der Waals surface area contributed by atoms with Crippen molar-refractivity contribution < 1.29 is 9.53 Å². The molecule has 3 nitrogen and oxygen atoms in total. The minimum Gasteiger partial charge on any atom is -0.444 e. The molecule has 1 aliphatic rings. The maximum absolute atomic E-state index is 10.5. The van der Waals surface area contributed by atoms with Crippen molar-refractivity contribution in [2.45, 2.75) is 13.0 Å². The molecule has 1 heterocycles. The van der Waals surface area contributed by atoms with E-state index in [-0.39, 0.29) is 18.1 Å². The number of carbonyl (C=O) groups is 1. The van der Waals surface area contributed by atoms with Gasteiger partial charge >= 0.3 is 6.09 Å². The molecule has 0 aromatic rings. The van der Waals surface area contributed by atoms with Crippen LogP contribution in [0.1, 0.15) is 6.92 Å². The van der Waals surface area contributed by atoms with E-state index in [1.807, 2.05) is 6.92 Å². The van der Waals surface area contributed by atoms with Gasteiger partial charge in [0.25, 0.3) is 0 Å². The molecule has 56 valence electrons. The quantitative estimate of drug-likeness (QED) is 0.580. The van der Waals surface area contributed by atoms with Crippen molar-refractivity contribution in [2.24, 2.45) is 5.92 Å². The fourth-order valence-corrected chi connectivity index (χ4v) is 0.850. The van der Waals surface area contributed by atoms with Gasteiger partial charge in [-0.3, -0.25) is 0 Å². The summed E-state index contributed by atoms with van der Waals surface area (Å²) >= 11 is 0. The van der Waals surface area contributed by atoms with Crippen LogP contribution in [0, 0.1) is 5.92 Å². The van der Waals surface area contributed by atoms with Crippen LogP contribution >= 0.6 is 0 Å². The van der Waals surface area contributed by atoms with Crippen molar-refractivity contribution >= 4 is 6.09 Å². The second-order valence-corrected chi connectivity index (χ2v) is 2.42. The number of nitrogens with one attached hydrogen (secondary N) is 1. The minimum absolute atomic E-state index is 0.0231. The zero-order valence-electron chi connectivity index (χ0n) is 5.96. The highest BCUT2D eigenvalue weighted by Crippen LogP contribution is 2.11. The topological polar surface area (TPSA) is 38.3 Å². The normalized spacial score (nSPS) is 26.9. The van der Waals surface area contributed by atoms with E-state index in [9.17, 15) is 4.79 Å². The molecule has 0 saturated carbocycles. The Morgan fingerprint density at radius 3 is 3.10 bits per heavy atom. The van der Waals surface area contributed by atoms with Crippen molar-refractivity contribution in [3.05, 3.63) is 12.7 Å². The first kappa shape index (κ1) is 7.12. The second kappa shape index (κ2) is 2.73. The zero-order valence-corrected chi connectivity index (χ0v) is 5.96. The van der Waals surface area contributed by atoms with E-state index in [0.29, 0.717) is 6.54 Å². The molecule has 0 bridgehead atoms.